The van der Waals surface area contributed by atoms with Crippen LogP contribution >= 0.6 is 0 Å². The molecule has 0 aliphatic carbocycles. The van der Waals surface area contributed by atoms with E-state index in [4.69, 9.17) is 0 Å². The van der Waals surface area contributed by atoms with E-state index >= 15 is 0 Å². The Hall–Kier alpha value is -1.25. The third-order valence-corrected chi connectivity index (χ3v) is 2.24. The van der Waals surface area contributed by atoms with Gasteiger partial charge in [0.25, 0.3) is 5.91 Å². The zero-order valence-electron chi connectivity index (χ0n) is 8.92. The Morgan fingerprint density at radius 1 is 1.50 bits per heavy atom. The number of aryl methyl sites for hydroxylation is 1. The lowest BCUT2D eigenvalue weighted by Gasteiger charge is -2.05. The van der Waals surface area contributed by atoms with Gasteiger partial charge >= 0.3 is 0 Å². The first-order valence-electron chi connectivity index (χ1n) is 5.15. The van der Waals surface area contributed by atoms with Crippen LogP contribution in [0, 0.1) is 0 Å². The summed E-state index contributed by atoms with van der Waals surface area (Å²) < 4.78 is 1.83. The maximum atomic E-state index is 11.6. The molecule has 0 radical (unpaired) electrons. The number of unbranched alkanes of at least 4 members (excludes halogenated alkanes) is 2. The highest BCUT2D eigenvalue weighted by molar-refractivity contribution is 5.92. The molecule has 3 nitrogen and oxygen atoms in total. The highest BCUT2D eigenvalue weighted by atomic mass is 16.1. The van der Waals surface area contributed by atoms with Crippen molar-refractivity contribution in [2.24, 2.45) is 7.05 Å². The molecular weight excluding hydrogens is 176 g/mol. The fourth-order valence-corrected chi connectivity index (χ4v) is 1.36. The van der Waals surface area contributed by atoms with Crippen molar-refractivity contribution in [2.75, 3.05) is 6.54 Å². The number of aromatic nitrogens is 1. The van der Waals surface area contributed by atoms with Gasteiger partial charge in [-0.15, -0.1) is 0 Å². The van der Waals surface area contributed by atoms with Gasteiger partial charge in [-0.3, -0.25) is 4.79 Å². The normalized spacial score (nSPS) is 10.1. The highest BCUT2D eigenvalue weighted by Crippen LogP contribution is 1.99. The fraction of sp³-hybridized carbons (Fsp3) is 0.545. The van der Waals surface area contributed by atoms with Gasteiger partial charge < -0.3 is 9.88 Å². The number of carbonyl (C=O) groups is 1. The Morgan fingerprint density at radius 2 is 2.29 bits per heavy atom. The highest BCUT2D eigenvalue weighted by Gasteiger charge is 2.06. The summed E-state index contributed by atoms with van der Waals surface area (Å²) in [5, 5.41) is 2.90. The maximum absolute atomic E-state index is 11.6. The number of amides is 1. The summed E-state index contributed by atoms with van der Waals surface area (Å²) >= 11 is 0. The van der Waals surface area contributed by atoms with Crippen LogP contribution in [0.2, 0.25) is 0 Å². The molecule has 0 atom stereocenters. The second-order valence-electron chi connectivity index (χ2n) is 3.47. The standard InChI is InChI=1S/C11H18N2O/c1-3-4-5-8-12-11(14)10-7-6-9-13(10)2/h6-7,9H,3-5,8H2,1-2H3,(H,12,14). The first-order chi connectivity index (χ1) is 6.75. The lowest BCUT2D eigenvalue weighted by Crippen LogP contribution is -2.26. The van der Waals surface area contributed by atoms with Crippen molar-refractivity contribution in [1.82, 2.24) is 9.88 Å². The zero-order valence-corrected chi connectivity index (χ0v) is 8.92. The van der Waals surface area contributed by atoms with Crippen molar-refractivity contribution in [2.45, 2.75) is 26.2 Å². The van der Waals surface area contributed by atoms with Crippen LogP contribution in [0.5, 0.6) is 0 Å². The Bertz CT molecular complexity index is 291. The van der Waals surface area contributed by atoms with Crippen molar-refractivity contribution < 1.29 is 4.79 Å². The lowest BCUT2D eigenvalue weighted by molar-refractivity contribution is 0.0945. The molecular formula is C11H18N2O. The summed E-state index contributed by atoms with van der Waals surface area (Å²) in [5.41, 5.74) is 0.724. The molecule has 3 heteroatoms. The summed E-state index contributed by atoms with van der Waals surface area (Å²) in [6.45, 7) is 2.93. The van der Waals surface area contributed by atoms with Gasteiger partial charge in [0, 0.05) is 19.8 Å². The molecule has 0 aliphatic rings. The molecule has 1 aromatic rings. The number of rotatable bonds is 5. The molecule has 0 aromatic carbocycles. The molecule has 0 aliphatic heterocycles. The Labute approximate surface area is 85.1 Å². The van der Waals surface area contributed by atoms with Gasteiger partial charge in [0.15, 0.2) is 0 Å². The van der Waals surface area contributed by atoms with Gasteiger partial charge in [-0.25, -0.2) is 0 Å². The van der Waals surface area contributed by atoms with Crippen LogP contribution in [-0.4, -0.2) is 17.0 Å². The molecule has 0 fully saturated rings. The van der Waals surface area contributed by atoms with Crippen molar-refractivity contribution in [3.8, 4) is 0 Å². The molecule has 0 saturated carbocycles. The summed E-state index contributed by atoms with van der Waals surface area (Å²) in [7, 11) is 1.88. The van der Waals surface area contributed by atoms with Gasteiger partial charge in [-0.1, -0.05) is 19.8 Å². The third kappa shape index (κ3) is 2.91. The minimum atomic E-state index is 0.0219. The van der Waals surface area contributed by atoms with E-state index in [0.717, 1.165) is 18.7 Å². The van der Waals surface area contributed by atoms with Crippen LogP contribution in [-0.2, 0) is 7.05 Å². The van der Waals surface area contributed by atoms with E-state index in [1.54, 1.807) is 0 Å². The van der Waals surface area contributed by atoms with E-state index in [1.165, 1.54) is 12.8 Å². The smallest absolute Gasteiger partial charge is 0.267 e. The van der Waals surface area contributed by atoms with E-state index in [9.17, 15) is 4.79 Å². The summed E-state index contributed by atoms with van der Waals surface area (Å²) in [5.74, 6) is 0.0219. The molecule has 1 heterocycles. The predicted molar refractivity (Wildman–Crippen MR) is 57.3 cm³/mol. The van der Waals surface area contributed by atoms with E-state index in [0.29, 0.717) is 0 Å². The van der Waals surface area contributed by atoms with Crippen LogP contribution in [0.1, 0.15) is 36.7 Å². The van der Waals surface area contributed by atoms with Crippen LogP contribution in [0.25, 0.3) is 0 Å². The van der Waals surface area contributed by atoms with Crippen molar-refractivity contribution >= 4 is 5.91 Å². The van der Waals surface area contributed by atoms with Crippen molar-refractivity contribution in [3.05, 3.63) is 24.0 Å². The van der Waals surface area contributed by atoms with E-state index in [2.05, 4.69) is 12.2 Å². The van der Waals surface area contributed by atoms with Gasteiger partial charge in [0.05, 0.1) is 0 Å². The largest absolute Gasteiger partial charge is 0.351 e. The monoisotopic (exact) mass is 194 g/mol. The Balaban J connectivity index is 2.32. The minimum Gasteiger partial charge on any atom is -0.351 e. The molecule has 0 spiro atoms. The maximum Gasteiger partial charge on any atom is 0.267 e. The van der Waals surface area contributed by atoms with E-state index < -0.39 is 0 Å². The predicted octanol–water partition coefficient (Wildman–Crippen LogP) is 1.95. The average Bonchev–Trinajstić information content (AvgIpc) is 2.59. The summed E-state index contributed by atoms with van der Waals surface area (Å²) in [6.07, 6.45) is 5.29. The molecule has 0 saturated heterocycles. The number of nitrogens with one attached hydrogen (secondary N) is 1. The lowest BCUT2D eigenvalue weighted by atomic mass is 10.2. The molecule has 1 aromatic heterocycles. The van der Waals surface area contributed by atoms with Gasteiger partial charge in [-0.2, -0.15) is 0 Å². The minimum absolute atomic E-state index is 0.0219. The van der Waals surface area contributed by atoms with Gasteiger partial charge in [-0.05, 0) is 18.6 Å². The topological polar surface area (TPSA) is 34.0 Å². The molecule has 0 bridgehead atoms. The second kappa shape index (κ2) is 5.47. The van der Waals surface area contributed by atoms with Crippen molar-refractivity contribution in [3.63, 3.8) is 0 Å². The molecule has 1 amide bonds. The fourth-order valence-electron chi connectivity index (χ4n) is 1.36. The van der Waals surface area contributed by atoms with E-state index in [-0.39, 0.29) is 5.91 Å². The zero-order chi connectivity index (χ0) is 10.4. The van der Waals surface area contributed by atoms with Crippen LogP contribution in [0.15, 0.2) is 18.3 Å². The average molecular weight is 194 g/mol. The first kappa shape index (κ1) is 10.8. The number of hydrogen-bond acceptors (Lipinski definition) is 1. The summed E-state index contributed by atoms with van der Waals surface area (Å²) in [4.78, 5) is 11.6. The first-order valence-corrected chi connectivity index (χ1v) is 5.15. The van der Waals surface area contributed by atoms with Gasteiger partial charge in [0.1, 0.15) is 5.69 Å². The number of hydrogen-bond donors (Lipinski definition) is 1. The molecule has 0 unspecified atom stereocenters. The Morgan fingerprint density at radius 3 is 2.86 bits per heavy atom. The summed E-state index contributed by atoms with van der Waals surface area (Å²) in [6, 6.07) is 3.70. The van der Waals surface area contributed by atoms with Gasteiger partial charge in [0.2, 0.25) is 0 Å². The quantitative estimate of drug-likeness (QED) is 0.714. The second-order valence-corrected chi connectivity index (χ2v) is 3.47. The number of nitrogens with zero attached hydrogens (tertiary/aromatic N) is 1. The van der Waals surface area contributed by atoms with Crippen LogP contribution in [0.4, 0.5) is 0 Å². The molecule has 78 valence electrons. The Kier molecular flexibility index (Phi) is 4.23. The SMILES string of the molecule is CCCCCNC(=O)c1cccn1C. The molecule has 14 heavy (non-hydrogen) atoms. The number of carbonyl (C=O) groups excluding carboxylic acids is 1. The van der Waals surface area contributed by atoms with Crippen LogP contribution < -0.4 is 5.32 Å². The van der Waals surface area contributed by atoms with Crippen molar-refractivity contribution in [1.29, 1.82) is 0 Å². The van der Waals surface area contributed by atoms with Crippen LogP contribution in [0.3, 0.4) is 0 Å². The third-order valence-electron chi connectivity index (χ3n) is 2.24. The molecule has 1 rings (SSSR count). The van der Waals surface area contributed by atoms with E-state index in [1.807, 2.05) is 29.9 Å². The molecule has 1 N–H and O–H groups in total.